The van der Waals surface area contributed by atoms with E-state index in [1.807, 2.05) is 0 Å². The maximum atomic E-state index is 11.0. The topological polar surface area (TPSA) is 141 Å². The van der Waals surface area contributed by atoms with Gasteiger partial charge in [-0.15, -0.1) is 0 Å². The molecule has 4 N–H and O–H groups in total. The number of nitrogens with zero attached hydrogens (tertiary/aromatic N) is 1. The summed E-state index contributed by atoms with van der Waals surface area (Å²) >= 11 is 0. The van der Waals surface area contributed by atoms with E-state index in [2.05, 4.69) is 6.58 Å². The minimum Gasteiger partial charge on any atom is -0.478 e. The highest BCUT2D eigenvalue weighted by Crippen LogP contribution is 2.15. The third kappa shape index (κ3) is 10.3. The van der Waals surface area contributed by atoms with Gasteiger partial charge < -0.3 is 15.9 Å². The van der Waals surface area contributed by atoms with Crippen molar-refractivity contribution in [2.24, 2.45) is 5.73 Å². The molecule has 1 amide bonds. The molecule has 124 valence electrons. The van der Waals surface area contributed by atoms with Crippen molar-refractivity contribution in [3.05, 3.63) is 47.1 Å². The van der Waals surface area contributed by atoms with Gasteiger partial charge in [0.2, 0.25) is 5.91 Å². The number of nitrogens with two attached hydrogens (primary N) is 1. The lowest BCUT2D eigenvalue weighted by Gasteiger charge is -2.03. The van der Waals surface area contributed by atoms with Crippen LogP contribution in [0.15, 0.2) is 47.1 Å². The zero-order chi connectivity index (χ0) is 18.6. The minimum absolute atomic E-state index is 0.0472. The number of allylic oxidation sites excluding steroid dienone is 3. The molecule has 7 heteroatoms. The average Bonchev–Trinajstić information content (AvgIpc) is 2.46. The predicted molar refractivity (Wildman–Crippen MR) is 85.1 cm³/mol. The van der Waals surface area contributed by atoms with Gasteiger partial charge in [0.25, 0.3) is 0 Å². The highest BCUT2D eigenvalue weighted by molar-refractivity contribution is 5.93. The molecular formula is C16H20N2O5. The van der Waals surface area contributed by atoms with Crippen molar-refractivity contribution in [1.82, 2.24) is 0 Å². The van der Waals surface area contributed by atoms with E-state index in [0.29, 0.717) is 17.6 Å². The molecule has 0 fully saturated rings. The number of carboxylic acid groups (broad SMARTS) is 2. The number of amides is 1. The Bertz CT molecular complexity index is 607. The summed E-state index contributed by atoms with van der Waals surface area (Å²) in [6.07, 6.45) is 3.87. The van der Waals surface area contributed by atoms with E-state index in [-0.39, 0.29) is 11.1 Å². The van der Waals surface area contributed by atoms with Crippen molar-refractivity contribution in [1.29, 1.82) is 5.26 Å². The van der Waals surface area contributed by atoms with Gasteiger partial charge in [0.05, 0.1) is 11.6 Å². The first kappa shape index (κ1) is 22.1. The molecule has 0 radical (unpaired) electrons. The van der Waals surface area contributed by atoms with Gasteiger partial charge in [-0.25, -0.2) is 9.59 Å². The second-order valence-electron chi connectivity index (χ2n) is 4.34. The van der Waals surface area contributed by atoms with Crippen LogP contribution in [-0.2, 0) is 14.4 Å². The summed E-state index contributed by atoms with van der Waals surface area (Å²) in [5.41, 5.74) is 5.43. The van der Waals surface area contributed by atoms with Gasteiger partial charge in [0.1, 0.15) is 0 Å². The Kier molecular flexibility index (Phi) is 11.1. The summed E-state index contributed by atoms with van der Waals surface area (Å²) in [7, 11) is 0. The summed E-state index contributed by atoms with van der Waals surface area (Å²) < 4.78 is 0. The lowest BCUT2D eigenvalue weighted by atomic mass is 10.0. The van der Waals surface area contributed by atoms with Gasteiger partial charge in [0, 0.05) is 17.2 Å². The van der Waals surface area contributed by atoms with Crippen LogP contribution < -0.4 is 5.73 Å². The molecule has 0 atom stereocenters. The molecule has 23 heavy (non-hydrogen) atoms. The lowest BCUT2D eigenvalue weighted by molar-refractivity contribution is -0.133. The maximum absolute atomic E-state index is 11.0. The largest absolute Gasteiger partial charge is 0.478 e. The summed E-state index contributed by atoms with van der Waals surface area (Å²) in [6, 6.07) is 1.69. The second kappa shape index (κ2) is 11.5. The third-order valence-corrected chi connectivity index (χ3v) is 2.43. The number of aliphatic carboxylic acids is 2. The van der Waals surface area contributed by atoms with Crippen molar-refractivity contribution in [2.75, 3.05) is 0 Å². The van der Waals surface area contributed by atoms with Crippen LogP contribution in [0, 0.1) is 11.3 Å². The molecule has 0 aliphatic carbocycles. The van der Waals surface area contributed by atoms with Gasteiger partial charge in [-0.05, 0) is 38.0 Å². The van der Waals surface area contributed by atoms with Gasteiger partial charge >= 0.3 is 11.9 Å². The van der Waals surface area contributed by atoms with Gasteiger partial charge in [-0.1, -0.05) is 13.5 Å². The number of carbonyl (C=O) groups is 3. The first-order valence-corrected chi connectivity index (χ1v) is 6.47. The van der Waals surface area contributed by atoms with Crippen molar-refractivity contribution in [3.8, 4) is 6.07 Å². The van der Waals surface area contributed by atoms with Crippen LogP contribution in [0.25, 0.3) is 0 Å². The fourth-order valence-corrected chi connectivity index (χ4v) is 1.13. The summed E-state index contributed by atoms with van der Waals surface area (Å²) in [6.45, 7) is 7.94. The molecule has 0 saturated heterocycles. The summed E-state index contributed by atoms with van der Waals surface area (Å²) in [5, 5.41) is 26.0. The van der Waals surface area contributed by atoms with E-state index in [0.717, 1.165) is 12.2 Å². The molecule has 0 saturated carbocycles. The van der Waals surface area contributed by atoms with E-state index in [1.54, 1.807) is 19.9 Å². The number of nitriles is 1. The molecule has 0 bridgehead atoms. The normalized spacial score (nSPS) is 11.7. The molecule has 0 aromatic carbocycles. The van der Waals surface area contributed by atoms with Crippen LogP contribution in [0.2, 0.25) is 0 Å². The van der Waals surface area contributed by atoms with Crippen molar-refractivity contribution < 1.29 is 24.6 Å². The third-order valence-electron chi connectivity index (χ3n) is 2.43. The fourth-order valence-electron chi connectivity index (χ4n) is 1.13. The van der Waals surface area contributed by atoms with Crippen LogP contribution in [0.1, 0.15) is 27.2 Å². The zero-order valence-corrected chi connectivity index (χ0v) is 13.3. The van der Waals surface area contributed by atoms with Crippen LogP contribution in [0.4, 0.5) is 0 Å². The number of carboxylic acids is 2. The monoisotopic (exact) mass is 320 g/mol. The van der Waals surface area contributed by atoms with E-state index in [9.17, 15) is 14.4 Å². The SMILES string of the molecule is C=C(C)C(N)=O.CCC(C=C(C)C(=O)O)=C(C=CC#N)C(=O)O. The van der Waals surface area contributed by atoms with Gasteiger partial charge in [0.15, 0.2) is 0 Å². The lowest BCUT2D eigenvalue weighted by Crippen LogP contribution is -2.10. The summed E-state index contributed by atoms with van der Waals surface area (Å²) in [5.74, 6) is -2.73. The Balaban J connectivity index is 0. The summed E-state index contributed by atoms with van der Waals surface area (Å²) in [4.78, 5) is 31.4. The van der Waals surface area contributed by atoms with Crippen LogP contribution in [0.5, 0.6) is 0 Å². The zero-order valence-electron chi connectivity index (χ0n) is 13.3. The Hall–Kier alpha value is -3.14. The highest BCUT2D eigenvalue weighted by atomic mass is 16.4. The minimum atomic E-state index is -1.19. The van der Waals surface area contributed by atoms with Crippen molar-refractivity contribution in [2.45, 2.75) is 27.2 Å². The van der Waals surface area contributed by atoms with Crippen LogP contribution in [-0.4, -0.2) is 28.1 Å². The highest BCUT2D eigenvalue weighted by Gasteiger charge is 2.10. The molecule has 0 rings (SSSR count). The van der Waals surface area contributed by atoms with Crippen molar-refractivity contribution >= 4 is 17.8 Å². The van der Waals surface area contributed by atoms with E-state index < -0.39 is 17.8 Å². The number of rotatable bonds is 6. The van der Waals surface area contributed by atoms with E-state index in [1.165, 1.54) is 13.0 Å². The fraction of sp³-hybridized carbons (Fsp3) is 0.250. The quantitative estimate of drug-likeness (QED) is 0.388. The molecule has 0 unspecified atom stereocenters. The molecule has 0 aromatic rings. The Morgan fingerprint density at radius 3 is 1.96 bits per heavy atom. The van der Waals surface area contributed by atoms with Crippen LogP contribution >= 0.6 is 0 Å². The molecule has 7 nitrogen and oxygen atoms in total. The number of hydrogen-bond acceptors (Lipinski definition) is 4. The second-order valence-corrected chi connectivity index (χ2v) is 4.34. The maximum Gasteiger partial charge on any atom is 0.335 e. The molecule has 0 aliphatic rings. The molecular weight excluding hydrogens is 300 g/mol. The number of carbonyl (C=O) groups excluding carboxylic acids is 1. The Morgan fingerprint density at radius 1 is 1.22 bits per heavy atom. The Labute approximate surface area is 134 Å². The Morgan fingerprint density at radius 2 is 1.70 bits per heavy atom. The predicted octanol–water partition coefficient (Wildman–Crippen LogP) is 1.94. The molecule has 0 heterocycles. The molecule has 0 spiro atoms. The first-order valence-electron chi connectivity index (χ1n) is 6.47. The number of primary amides is 1. The van der Waals surface area contributed by atoms with E-state index in [4.69, 9.17) is 21.2 Å². The van der Waals surface area contributed by atoms with Gasteiger partial charge in [-0.3, -0.25) is 4.79 Å². The standard InChI is InChI=1S/C12H13NO4.C4H7NO/c1-3-9(7-8(2)11(14)15)10(12(16)17)5-4-6-13;1-3(2)4(5)6/h4-5,7H,3H2,1-2H3,(H,14,15)(H,16,17);1H2,2H3,(H2,5,6). The average molecular weight is 320 g/mol. The first-order chi connectivity index (χ1) is 10.6. The van der Waals surface area contributed by atoms with Crippen molar-refractivity contribution in [3.63, 3.8) is 0 Å². The van der Waals surface area contributed by atoms with Gasteiger partial charge in [-0.2, -0.15) is 5.26 Å². The van der Waals surface area contributed by atoms with E-state index >= 15 is 0 Å². The molecule has 0 aliphatic heterocycles. The molecule has 0 aromatic heterocycles. The number of hydrogen-bond donors (Lipinski definition) is 3. The smallest absolute Gasteiger partial charge is 0.335 e. The van der Waals surface area contributed by atoms with Crippen LogP contribution in [0.3, 0.4) is 0 Å².